The zero-order chi connectivity index (χ0) is 20.3. The van der Waals surface area contributed by atoms with Crippen LogP contribution in [0.1, 0.15) is 31.3 Å². The molecule has 5 nitrogen and oxygen atoms in total. The van der Waals surface area contributed by atoms with Crippen molar-refractivity contribution in [2.75, 3.05) is 13.7 Å². The maximum atomic E-state index is 12.9. The summed E-state index contributed by atoms with van der Waals surface area (Å²) in [4.78, 5) is 7.60. The van der Waals surface area contributed by atoms with Gasteiger partial charge in [-0.1, -0.05) is 6.58 Å². The van der Waals surface area contributed by atoms with Gasteiger partial charge < -0.3 is 19.8 Å². The van der Waals surface area contributed by atoms with Crippen molar-refractivity contribution >= 4 is 16.6 Å². The van der Waals surface area contributed by atoms with Crippen molar-refractivity contribution in [1.82, 2.24) is 15.3 Å². The number of rotatable bonds is 8. The van der Waals surface area contributed by atoms with Crippen molar-refractivity contribution in [3.8, 4) is 11.5 Å². The quantitative estimate of drug-likeness (QED) is 0.576. The number of benzene rings is 1. The fourth-order valence-electron chi connectivity index (χ4n) is 2.75. The van der Waals surface area contributed by atoms with Gasteiger partial charge in [-0.3, -0.25) is 4.98 Å². The first-order valence-corrected chi connectivity index (χ1v) is 8.84. The summed E-state index contributed by atoms with van der Waals surface area (Å²) in [6.45, 7) is 6.17. The first kappa shape index (κ1) is 19.7. The van der Waals surface area contributed by atoms with E-state index in [1.807, 2.05) is 31.2 Å². The van der Waals surface area contributed by atoms with Crippen LogP contribution in [0.2, 0.25) is 0 Å². The number of hydrogen-bond donors (Lipinski definition) is 2. The number of halogens is 2. The van der Waals surface area contributed by atoms with Crippen molar-refractivity contribution in [3.63, 3.8) is 0 Å². The van der Waals surface area contributed by atoms with Gasteiger partial charge in [0.25, 0.3) is 5.92 Å². The molecule has 2 heterocycles. The highest BCUT2D eigenvalue weighted by molar-refractivity contribution is 5.85. The maximum Gasteiger partial charge on any atom is 0.278 e. The van der Waals surface area contributed by atoms with E-state index in [9.17, 15) is 8.78 Å². The number of methoxy groups -OCH3 is 1. The highest BCUT2D eigenvalue weighted by atomic mass is 19.3. The third-order valence-electron chi connectivity index (χ3n) is 4.24. The molecule has 0 unspecified atom stereocenters. The lowest BCUT2D eigenvalue weighted by Gasteiger charge is -2.17. The number of ether oxygens (including phenoxy) is 2. The van der Waals surface area contributed by atoms with Gasteiger partial charge in [0.1, 0.15) is 11.5 Å². The lowest BCUT2D eigenvalue weighted by molar-refractivity contribution is -0.0230. The van der Waals surface area contributed by atoms with E-state index in [4.69, 9.17) is 9.47 Å². The second kappa shape index (κ2) is 7.88. The highest BCUT2D eigenvalue weighted by Gasteiger charge is 2.22. The molecule has 0 saturated carbocycles. The average molecular weight is 387 g/mol. The molecule has 2 N–H and O–H groups in total. The second-order valence-electron chi connectivity index (χ2n) is 6.76. The van der Waals surface area contributed by atoms with Gasteiger partial charge in [0, 0.05) is 23.9 Å². The van der Waals surface area contributed by atoms with Crippen LogP contribution in [0.25, 0.3) is 16.6 Å². The Labute approximate surface area is 162 Å². The molecule has 28 heavy (non-hydrogen) atoms. The lowest BCUT2D eigenvalue weighted by atomic mass is 10.2. The Morgan fingerprint density at radius 1 is 1.25 bits per heavy atom. The Bertz CT molecular complexity index is 962. The van der Waals surface area contributed by atoms with Crippen molar-refractivity contribution < 1.29 is 18.3 Å². The molecular weight excluding hydrogens is 364 g/mol. The molecule has 0 spiro atoms. The van der Waals surface area contributed by atoms with Gasteiger partial charge in [-0.15, -0.1) is 0 Å². The molecule has 0 radical (unpaired) electrons. The van der Waals surface area contributed by atoms with Crippen LogP contribution in [0.3, 0.4) is 0 Å². The number of nitrogens with zero attached hydrogens (tertiary/aromatic N) is 1. The molecule has 0 aliphatic carbocycles. The number of fused-ring (bicyclic) bond motifs is 1. The number of nitrogens with one attached hydrogen (secondary N) is 2. The summed E-state index contributed by atoms with van der Waals surface area (Å²) >= 11 is 0. The number of hydrogen-bond acceptors (Lipinski definition) is 4. The van der Waals surface area contributed by atoms with Gasteiger partial charge in [0.05, 0.1) is 36.4 Å². The van der Waals surface area contributed by atoms with Crippen LogP contribution in [0.5, 0.6) is 11.5 Å². The van der Waals surface area contributed by atoms with E-state index in [0.29, 0.717) is 5.75 Å². The molecule has 3 rings (SSSR count). The van der Waals surface area contributed by atoms with E-state index in [2.05, 4.69) is 21.9 Å². The Kier molecular flexibility index (Phi) is 5.53. The molecule has 7 heteroatoms. The van der Waals surface area contributed by atoms with Crippen molar-refractivity contribution in [2.24, 2.45) is 0 Å². The first-order valence-electron chi connectivity index (χ1n) is 8.84. The lowest BCUT2D eigenvalue weighted by Crippen LogP contribution is -2.21. The third kappa shape index (κ3) is 4.79. The predicted octanol–water partition coefficient (Wildman–Crippen LogP) is 4.93. The maximum absolute atomic E-state index is 12.9. The fraction of sp³-hybridized carbons (Fsp3) is 0.286. The highest BCUT2D eigenvalue weighted by Crippen LogP contribution is 2.25. The molecule has 0 fully saturated rings. The zero-order valence-corrected chi connectivity index (χ0v) is 16.1. The van der Waals surface area contributed by atoms with Gasteiger partial charge in [-0.25, -0.2) is 8.78 Å². The van der Waals surface area contributed by atoms with E-state index in [0.717, 1.165) is 40.7 Å². The first-order chi connectivity index (χ1) is 13.2. The second-order valence-corrected chi connectivity index (χ2v) is 6.76. The molecule has 1 aromatic carbocycles. The minimum absolute atomic E-state index is 0.130. The van der Waals surface area contributed by atoms with Gasteiger partial charge in [-0.05, 0) is 37.3 Å². The summed E-state index contributed by atoms with van der Waals surface area (Å²) in [5.41, 5.74) is 3.28. The molecule has 148 valence electrons. The summed E-state index contributed by atoms with van der Waals surface area (Å²) in [7, 11) is 1.63. The number of pyridine rings is 1. The molecular formula is C21H23F2N3O2. The topological polar surface area (TPSA) is 59.2 Å². The average Bonchev–Trinajstić information content (AvgIpc) is 3.09. The molecule has 0 amide bonds. The molecule has 0 aliphatic heterocycles. The van der Waals surface area contributed by atoms with Crippen LogP contribution < -0.4 is 14.8 Å². The van der Waals surface area contributed by atoms with Gasteiger partial charge >= 0.3 is 0 Å². The normalized spacial score (nSPS) is 12.6. The van der Waals surface area contributed by atoms with Crippen LogP contribution in [0.4, 0.5) is 8.78 Å². The minimum Gasteiger partial charge on any atom is -0.497 e. The Hall–Kier alpha value is -3.09. The van der Waals surface area contributed by atoms with Crippen molar-refractivity contribution in [3.05, 3.63) is 60.6 Å². The SMILES string of the molecule is C=C(N[C@H](C)c1ccc(OCC(C)(F)F)cn1)c1cc2ccc(OC)cc2[nH]1. The number of alkyl halides is 2. The van der Waals surface area contributed by atoms with E-state index < -0.39 is 12.5 Å². The van der Waals surface area contributed by atoms with E-state index in [1.165, 1.54) is 6.20 Å². The smallest absolute Gasteiger partial charge is 0.278 e. The summed E-state index contributed by atoms with van der Waals surface area (Å²) in [5.74, 6) is -1.80. The number of aromatic nitrogens is 2. The molecule has 0 aliphatic rings. The third-order valence-corrected chi connectivity index (χ3v) is 4.24. The predicted molar refractivity (Wildman–Crippen MR) is 106 cm³/mol. The minimum atomic E-state index is -2.88. The summed E-state index contributed by atoms with van der Waals surface area (Å²) in [5, 5.41) is 4.35. The van der Waals surface area contributed by atoms with Crippen LogP contribution in [-0.4, -0.2) is 29.6 Å². The summed E-state index contributed by atoms with van der Waals surface area (Å²) in [6.07, 6.45) is 1.44. The molecule has 0 saturated heterocycles. The van der Waals surface area contributed by atoms with Crippen molar-refractivity contribution in [2.45, 2.75) is 25.8 Å². The van der Waals surface area contributed by atoms with Gasteiger partial charge in [0.2, 0.25) is 0 Å². The van der Waals surface area contributed by atoms with E-state index in [-0.39, 0.29) is 6.04 Å². The molecule has 0 bridgehead atoms. The summed E-state index contributed by atoms with van der Waals surface area (Å²) < 4.78 is 36.0. The molecule has 3 aromatic rings. The van der Waals surface area contributed by atoms with Gasteiger partial charge in [0.15, 0.2) is 6.61 Å². The summed E-state index contributed by atoms with van der Waals surface area (Å²) in [6, 6.07) is 11.1. The van der Waals surface area contributed by atoms with Crippen LogP contribution in [-0.2, 0) is 0 Å². The monoisotopic (exact) mass is 387 g/mol. The Morgan fingerprint density at radius 2 is 2.00 bits per heavy atom. The van der Waals surface area contributed by atoms with E-state index in [1.54, 1.807) is 19.2 Å². The standard InChI is InChI=1S/C21H23F2N3O2/c1-13(18-8-7-17(11-24-18)28-12-21(3,22)23)25-14(2)19-9-15-5-6-16(27-4)10-20(15)26-19/h5-11,13,25-26H,2,12H2,1,3-4H3/t13-/m1/s1. The molecule has 2 aromatic heterocycles. The number of aromatic amines is 1. The Morgan fingerprint density at radius 3 is 2.64 bits per heavy atom. The molecule has 1 atom stereocenters. The zero-order valence-electron chi connectivity index (χ0n) is 16.1. The van der Waals surface area contributed by atoms with Crippen LogP contribution in [0.15, 0.2) is 49.2 Å². The van der Waals surface area contributed by atoms with E-state index >= 15 is 0 Å². The van der Waals surface area contributed by atoms with Crippen LogP contribution in [0, 0.1) is 0 Å². The number of H-pyrrole nitrogens is 1. The van der Waals surface area contributed by atoms with Gasteiger partial charge in [-0.2, -0.15) is 0 Å². The van der Waals surface area contributed by atoms with Crippen molar-refractivity contribution in [1.29, 1.82) is 0 Å². The Balaban J connectivity index is 1.65. The largest absolute Gasteiger partial charge is 0.497 e. The fourth-order valence-corrected chi connectivity index (χ4v) is 2.75. The van der Waals surface area contributed by atoms with Crippen LogP contribution >= 0.6 is 0 Å².